The van der Waals surface area contributed by atoms with Crippen molar-refractivity contribution in [3.63, 3.8) is 0 Å². The van der Waals surface area contributed by atoms with Gasteiger partial charge in [0.2, 0.25) is 0 Å². The molecule has 1 N–H and O–H groups in total. The summed E-state index contributed by atoms with van der Waals surface area (Å²) in [6, 6.07) is 14.6. The van der Waals surface area contributed by atoms with Gasteiger partial charge in [0.1, 0.15) is 5.75 Å². The number of ether oxygens (including phenoxy) is 1. The molecule has 0 saturated carbocycles. The quantitative estimate of drug-likeness (QED) is 0.714. The van der Waals surface area contributed by atoms with Crippen LogP contribution in [0.15, 0.2) is 42.5 Å². The molecule has 0 radical (unpaired) electrons. The van der Waals surface area contributed by atoms with Crippen molar-refractivity contribution in [2.75, 3.05) is 11.9 Å². The van der Waals surface area contributed by atoms with E-state index >= 15 is 0 Å². The maximum Gasteiger partial charge on any atom is 0.124 e. The molecule has 2 nitrogen and oxygen atoms in total. The first-order chi connectivity index (χ1) is 10.2. The maximum atomic E-state index is 5.89. The molecule has 0 aromatic heterocycles. The van der Waals surface area contributed by atoms with E-state index in [0.29, 0.717) is 0 Å². The summed E-state index contributed by atoms with van der Waals surface area (Å²) < 4.78 is 5.89. The lowest BCUT2D eigenvalue weighted by atomic mass is 10.1. The van der Waals surface area contributed by atoms with Crippen molar-refractivity contribution in [3.05, 3.63) is 59.2 Å². The second kappa shape index (κ2) is 7.72. The number of aryl methyl sites for hydroxylation is 2. The van der Waals surface area contributed by atoms with Gasteiger partial charge in [-0.2, -0.15) is 0 Å². The zero-order valence-electron chi connectivity index (χ0n) is 13.3. The van der Waals surface area contributed by atoms with Crippen molar-refractivity contribution >= 4 is 5.69 Å². The van der Waals surface area contributed by atoms with E-state index in [0.717, 1.165) is 31.7 Å². The fourth-order valence-electron chi connectivity index (χ4n) is 2.39. The molecule has 0 heterocycles. The van der Waals surface area contributed by atoms with E-state index in [1.54, 1.807) is 0 Å². The van der Waals surface area contributed by atoms with Gasteiger partial charge in [0, 0.05) is 17.8 Å². The van der Waals surface area contributed by atoms with Crippen molar-refractivity contribution in [2.24, 2.45) is 0 Å². The number of benzene rings is 2. The summed E-state index contributed by atoms with van der Waals surface area (Å²) in [6.07, 6.45) is 2.25. The highest BCUT2D eigenvalue weighted by atomic mass is 16.5. The molecule has 21 heavy (non-hydrogen) atoms. The zero-order valence-corrected chi connectivity index (χ0v) is 13.3. The monoisotopic (exact) mass is 283 g/mol. The van der Waals surface area contributed by atoms with E-state index in [-0.39, 0.29) is 0 Å². The minimum absolute atomic E-state index is 0.786. The Morgan fingerprint density at radius 3 is 2.38 bits per heavy atom. The second-order valence-electron chi connectivity index (χ2n) is 5.43. The first-order valence-electron chi connectivity index (χ1n) is 7.73. The number of anilines is 1. The summed E-state index contributed by atoms with van der Waals surface area (Å²) in [6.45, 7) is 8.03. The smallest absolute Gasteiger partial charge is 0.124 e. The fraction of sp³-hybridized carbons (Fsp3) is 0.368. The first-order valence-corrected chi connectivity index (χ1v) is 7.73. The number of hydrogen-bond donors (Lipinski definition) is 1. The minimum atomic E-state index is 0.786. The predicted molar refractivity (Wildman–Crippen MR) is 90.1 cm³/mol. The van der Waals surface area contributed by atoms with Crippen molar-refractivity contribution in [3.8, 4) is 5.75 Å². The highest BCUT2D eigenvalue weighted by molar-refractivity contribution is 5.57. The molecule has 0 aliphatic rings. The molecule has 0 fully saturated rings. The Hall–Kier alpha value is -1.96. The summed E-state index contributed by atoms with van der Waals surface area (Å²) in [4.78, 5) is 0. The van der Waals surface area contributed by atoms with Crippen LogP contribution in [-0.4, -0.2) is 6.61 Å². The van der Waals surface area contributed by atoms with Gasteiger partial charge in [-0.05, 0) is 37.5 Å². The highest BCUT2D eigenvalue weighted by Crippen LogP contribution is 2.23. The number of hydrogen-bond acceptors (Lipinski definition) is 2. The molecular formula is C19H25NO. The van der Waals surface area contributed by atoms with Gasteiger partial charge in [-0.15, -0.1) is 0 Å². The van der Waals surface area contributed by atoms with Crippen LogP contribution in [0, 0.1) is 13.8 Å². The molecule has 2 rings (SSSR count). The molecule has 0 spiro atoms. The third-order valence-electron chi connectivity index (χ3n) is 3.66. The van der Waals surface area contributed by atoms with Crippen LogP contribution in [0.1, 0.15) is 36.5 Å². The third kappa shape index (κ3) is 4.25. The van der Waals surface area contributed by atoms with Crippen LogP contribution in [0.4, 0.5) is 5.69 Å². The van der Waals surface area contributed by atoms with Gasteiger partial charge in [0.05, 0.1) is 6.61 Å². The van der Waals surface area contributed by atoms with Crippen molar-refractivity contribution in [1.29, 1.82) is 0 Å². The molecule has 2 aromatic rings. The average molecular weight is 283 g/mol. The molecule has 0 aliphatic heterocycles. The molecule has 0 amide bonds. The lowest BCUT2D eigenvalue weighted by Gasteiger charge is -2.15. The predicted octanol–water partition coefficient (Wildman–Crippen LogP) is 5.09. The molecular weight excluding hydrogens is 258 g/mol. The maximum absolute atomic E-state index is 5.89. The van der Waals surface area contributed by atoms with E-state index in [2.05, 4.69) is 62.5 Å². The number of nitrogens with one attached hydrogen (secondary N) is 1. The summed E-state index contributed by atoms with van der Waals surface area (Å²) in [5, 5.41) is 3.55. The molecule has 0 atom stereocenters. The van der Waals surface area contributed by atoms with Gasteiger partial charge in [-0.1, -0.05) is 49.7 Å². The van der Waals surface area contributed by atoms with Gasteiger partial charge in [0.25, 0.3) is 0 Å². The van der Waals surface area contributed by atoms with E-state index in [9.17, 15) is 0 Å². The number of rotatable bonds is 7. The van der Waals surface area contributed by atoms with Gasteiger partial charge in [0.15, 0.2) is 0 Å². The molecule has 0 aliphatic carbocycles. The summed E-state index contributed by atoms with van der Waals surface area (Å²) in [5.74, 6) is 0.990. The molecule has 0 bridgehead atoms. The average Bonchev–Trinajstić information content (AvgIpc) is 2.48. The lowest BCUT2D eigenvalue weighted by Crippen LogP contribution is -2.06. The third-order valence-corrected chi connectivity index (χ3v) is 3.66. The van der Waals surface area contributed by atoms with Gasteiger partial charge >= 0.3 is 0 Å². The first kappa shape index (κ1) is 15.4. The minimum Gasteiger partial charge on any atom is -0.493 e. The number of unbranched alkanes of at least 4 members (excludes halogenated alkanes) is 1. The van der Waals surface area contributed by atoms with E-state index in [1.807, 2.05) is 6.07 Å². The Morgan fingerprint density at radius 1 is 0.952 bits per heavy atom. The summed E-state index contributed by atoms with van der Waals surface area (Å²) in [5.41, 5.74) is 4.98. The van der Waals surface area contributed by atoms with Crippen LogP contribution in [0.5, 0.6) is 5.75 Å². The molecule has 2 aromatic carbocycles. The highest BCUT2D eigenvalue weighted by Gasteiger charge is 2.05. The van der Waals surface area contributed by atoms with E-state index in [4.69, 9.17) is 4.74 Å². The topological polar surface area (TPSA) is 21.3 Å². The Labute approximate surface area is 128 Å². The Bertz CT molecular complexity index is 557. The SMILES string of the molecule is CCCCOc1ccccc1CNc1c(C)cccc1C. The van der Waals surface area contributed by atoms with E-state index < -0.39 is 0 Å². The standard InChI is InChI=1S/C19H25NO/c1-4-5-13-21-18-12-7-6-11-17(18)14-20-19-15(2)9-8-10-16(19)3/h6-12,20H,4-5,13-14H2,1-3H3. The van der Waals surface area contributed by atoms with Crippen molar-refractivity contribution in [1.82, 2.24) is 0 Å². The normalized spacial score (nSPS) is 10.4. The van der Waals surface area contributed by atoms with Gasteiger partial charge in [-0.3, -0.25) is 0 Å². The van der Waals surface area contributed by atoms with Crippen LogP contribution >= 0.6 is 0 Å². The van der Waals surface area contributed by atoms with Gasteiger partial charge in [-0.25, -0.2) is 0 Å². The van der Waals surface area contributed by atoms with Crippen LogP contribution in [0.3, 0.4) is 0 Å². The largest absolute Gasteiger partial charge is 0.493 e. The van der Waals surface area contributed by atoms with Crippen LogP contribution < -0.4 is 10.1 Å². The summed E-state index contributed by atoms with van der Waals surface area (Å²) in [7, 11) is 0. The molecule has 2 heteroatoms. The fourth-order valence-corrected chi connectivity index (χ4v) is 2.39. The van der Waals surface area contributed by atoms with E-state index in [1.165, 1.54) is 22.4 Å². The molecule has 0 saturated heterocycles. The molecule has 112 valence electrons. The van der Waals surface area contributed by atoms with Crippen LogP contribution in [0.25, 0.3) is 0 Å². The molecule has 0 unspecified atom stereocenters. The zero-order chi connectivity index (χ0) is 15.1. The van der Waals surface area contributed by atoms with Crippen LogP contribution in [-0.2, 0) is 6.54 Å². The second-order valence-corrected chi connectivity index (χ2v) is 5.43. The van der Waals surface area contributed by atoms with Crippen LogP contribution in [0.2, 0.25) is 0 Å². The van der Waals surface area contributed by atoms with Crippen molar-refractivity contribution in [2.45, 2.75) is 40.2 Å². The Morgan fingerprint density at radius 2 is 1.67 bits per heavy atom. The summed E-state index contributed by atoms with van der Waals surface area (Å²) >= 11 is 0. The lowest BCUT2D eigenvalue weighted by molar-refractivity contribution is 0.306. The van der Waals surface area contributed by atoms with Crippen molar-refractivity contribution < 1.29 is 4.74 Å². The Kier molecular flexibility index (Phi) is 5.68. The number of para-hydroxylation sites is 2. The van der Waals surface area contributed by atoms with Gasteiger partial charge < -0.3 is 10.1 Å². The Balaban J connectivity index is 2.06.